The lowest BCUT2D eigenvalue weighted by Crippen LogP contribution is -2.43. The van der Waals surface area contributed by atoms with Crippen molar-refractivity contribution >= 4 is 5.91 Å². The molecule has 0 aromatic carbocycles. The molecule has 2 unspecified atom stereocenters. The minimum absolute atomic E-state index is 0.331. The summed E-state index contributed by atoms with van der Waals surface area (Å²) in [5.74, 6) is 0.331. The van der Waals surface area contributed by atoms with E-state index in [9.17, 15) is 4.79 Å². The normalized spacial score (nSPS) is 19.7. The average Bonchev–Trinajstić information content (AvgIpc) is 2.64. The number of hydrogen-bond donors (Lipinski definition) is 1. The van der Waals surface area contributed by atoms with Crippen LogP contribution in [-0.4, -0.2) is 36.0 Å². The predicted octanol–water partition coefficient (Wildman–Crippen LogP) is 2.56. The van der Waals surface area contributed by atoms with Crippen LogP contribution in [0.1, 0.15) is 59.3 Å². The highest BCUT2D eigenvalue weighted by Gasteiger charge is 2.21. The molecule has 1 aliphatic rings. The lowest BCUT2D eigenvalue weighted by molar-refractivity contribution is -0.127. The molecule has 1 rings (SSSR count). The third kappa shape index (κ3) is 5.53. The molecule has 100 valence electrons. The first kappa shape index (κ1) is 14.5. The van der Waals surface area contributed by atoms with Gasteiger partial charge in [0.1, 0.15) is 0 Å². The summed E-state index contributed by atoms with van der Waals surface area (Å²) >= 11 is 0. The van der Waals surface area contributed by atoms with Gasteiger partial charge in [0.25, 0.3) is 0 Å². The number of rotatable bonds is 8. The molecule has 0 saturated carbocycles. The maximum Gasteiger partial charge on any atom is 0.222 e. The molecular weight excluding hydrogens is 212 g/mol. The highest BCUT2D eigenvalue weighted by molar-refractivity contribution is 5.78. The highest BCUT2D eigenvalue weighted by atomic mass is 16.2. The van der Waals surface area contributed by atoms with Gasteiger partial charge in [0.2, 0.25) is 5.91 Å². The molecule has 0 bridgehead atoms. The Balaban J connectivity index is 2.14. The number of nitrogens with zero attached hydrogens (tertiary/aromatic N) is 1. The molecule has 0 aliphatic carbocycles. The summed E-state index contributed by atoms with van der Waals surface area (Å²) in [6, 6.07) is 0.975. The smallest absolute Gasteiger partial charge is 0.222 e. The Bertz CT molecular complexity index is 230. The van der Waals surface area contributed by atoms with Crippen LogP contribution in [0.5, 0.6) is 0 Å². The molecule has 0 radical (unpaired) electrons. The van der Waals surface area contributed by atoms with Crippen molar-refractivity contribution in [1.82, 2.24) is 10.2 Å². The first-order chi connectivity index (χ1) is 8.13. The van der Waals surface area contributed by atoms with Gasteiger partial charge in [-0.2, -0.15) is 0 Å². The van der Waals surface area contributed by atoms with Gasteiger partial charge in [-0.25, -0.2) is 0 Å². The Labute approximate surface area is 106 Å². The van der Waals surface area contributed by atoms with Crippen LogP contribution in [-0.2, 0) is 4.79 Å². The van der Waals surface area contributed by atoms with Gasteiger partial charge in [0.05, 0.1) is 0 Å². The van der Waals surface area contributed by atoms with E-state index in [1.807, 2.05) is 4.90 Å². The number of carbonyl (C=O) groups excluding carboxylic acids is 1. The number of likely N-dealkylation sites (tertiary alicyclic amines) is 1. The van der Waals surface area contributed by atoms with E-state index in [2.05, 4.69) is 26.1 Å². The van der Waals surface area contributed by atoms with Crippen molar-refractivity contribution < 1.29 is 4.79 Å². The van der Waals surface area contributed by atoms with Gasteiger partial charge in [-0.3, -0.25) is 4.79 Å². The summed E-state index contributed by atoms with van der Waals surface area (Å²) < 4.78 is 0. The fourth-order valence-electron chi connectivity index (χ4n) is 2.55. The Kier molecular flexibility index (Phi) is 6.56. The molecule has 3 nitrogen and oxygen atoms in total. The summed E-state index contributed by atoms with van der Waals surface area (Å²) in [4.78, 5) is 13.5. The third-order valence-corrected chi connectivity index (χ3v) is 3.48. The van der Waals surface area contributed by atoms with E-state index < -0.39 is 0 Å². The van der Waals surface area contributed by atoms with E-state index in [0.717, 1.165) is 25.9 Å². The fourth-order valence-corrected chi connectivity index (χ4v) is 2.55. The molecule has 2 atom stereocenters. The zero-order chi connectivity index (χ0) is 12.7. The van der Waals surface area contributed by atoms with Crippen molar-refractivity contribution in [1.29, 1.82) is 0 Å². The standard InChI is InChI=1S/C14H28N2O/c1-4-5-6-8-12(2)15-13(3)11-16-10-7-9-14(16)17/h12-13,15H,4-11H2,1-3H3. The van der Waals surface area contributed by atoms with Crippen molar-refractivity contribution in [2.75, 3.05) is 13.1 Å². The van der Waals surface area contributed by atoms with Gasteiger partial charge in [-0.1, -0.05) is 26.2 Å². The van der Waals surface area contributed by atoms with E-state index in [1.54, 1.807) is 0 Å². The van der Waals surface area contributed by atoms with Crippen LogP contribution in [0, 0.1) is 0 Å². The van der Waals surface area contributed by atoms with Gasteiger partial charge in [0.15, 0.2) is 0 Å². The number of hydrogen-bond acceptors (Lipinski definition) is 2. The highest BCUT2D eigenvalue weighted by Crippen LogP contribution is 2.10. The Morgan fingerprint density at radius 3 is 2.65 bits per heavy atom. The molecular formula is C14H28N2O. The molecule has 1 N–H and O–H groups in total. The third-order valence-electron chi connectivity index (χ3n) is 3.48. The first-order valence-electron chi connectivity index (χ1n) is 7.17. The van der Waals surface area contributed by atoms with E-state index in [-0.39, 0.29) is 0 Å². The SMILES string of the molecule is CCCCCC(C)NC(C)CN1CCCC1=O. The molecule has 1 aliphatic heterocycles. The quantitative estimate of drug-likeness (QED) is 0.661. The van der Waals surface area contributed by atoms with E-state index in [4.69, 9.17) is 0 Å². The zero-order valence-electron chi connectivity index (χ0n) is 11.7. The topological polar surface area (TPSA) is 32.3 Å². The lowest BCUT2D eigenvalue weighted by atomic mass is 10.1. The first-order valence-corrected chi connectivity index (χ1v) is 7.17. The van der Waals surface area contributed by atoms with Crippen molar-refractivity contribution in [2.24, 2.45) is 0 Å². The van der Waals surface area contributed by atoms with Crippen LogP contribution in [0.4, 0.5) is 0 Å². The number of unbranched alkanes of at least 4 members (excludes halogenated alkanes) is 2. The second kappa shape index (κ2) is 7.70. The van der Waals surface area contributed by atoms with Crippen LogP contribution in [0.25, 0.3) is 0 Å². The van der Waals surface area contributed by atoms with Crippen molar-refractivity contribution in [3.05, 3.63) is 0 Å². The van der Waals surface area contributed by atoms with Gasteiger partial charge in [-0.15, -0.1) is 0 Å². The summed E-state index contributed by atoms with van der Waals surface area (Å²) in [6.07, 6.45) is 6.94. The summed E-state index contributed by atoms with van der Waals surface area (Å²) in [5, 5.41) is 3.59. The zero-order valence-corrected chi connectivity index (χ0v) is 11.7. The van der Waals surface area contributed by atoms with E-state index in [1.165, 1.54) is 25.7 Å². The molecule has 1 fully saturated rings. The van der Waals surface area contributed by atoms with Crippen LogP contribution in [0.15, 0.2) is 0 Å². The van der Waals surface area contributed by atoms with Crippen LogP contribution < -0.4 is 5.32 Å². The maximum atomic E-state index is 11.5. The molecule has 3 heteroatoms. The summed E-state index contributed by atoms with van der Waals surface area (Å²) in [6.45, 7) is 8.49. The molecule has 0 aromatic heterocycles. The van der Waals surface area contributed by atoms with Gasteiger partial charge >= 0.3 is 0 Å². The Morgan fingerprint density at radius 1 is 1.29 bits per heavy atom. The van der Waals surface area contributed by atoms with Crippen molar-refractivity contribution in [2.45, 2.75) is 71.4 Å². The number of carbonyl (C=O) groups is 1. The van der Waals surface area contributed by atoms with Gasteiger partial charge in [0, 0.05) is 31.6 Å². The molecule has 17 heavy (non-hydrogen) atoms. The van der Waals surface area contributed by atoms with Crippen LogP contribution >= 0.6 is 0 Å². The van der Waals surface area contributed by atoms with E-state index >= 15 is 0 Å². The van der Waals surface area contributed by atoms with Crippen molar-refractivity contribution in [3.8, 4) is 0 Å². The monoisotopic (exact) mass is 240 g/mol. The molecule has 0 aromatic rings. The Hall–Kier alpha value is -0.570. The molecule has 0 spiro atoms. The predicted molar refractivity (Wildman–Crippen MR) is 72.0 cm³/mol. The summed E-state index contributed by atoms with van der Waals surface area (Å²) in [7, 11) is 0. The fraction of sp³-hybridized carbons (Fsp3) is 0.929. The number of nitrogens with one attached hydrogen (secondary N) is 1. The van der Waals surface area contributed by atoms with Crippen LogP contribution in [0.3, 0.4) is 0 Å². The largest absolute Gasteiger partial charge is 0.341 e. The second-order valence-corrected chi connectivity index (χ2v) is 5.41. The van der Waals surface area contributed by atoms with Gasteiger partial charge in [-0.05, 0) is 26.7 Å². The Morgan fingerprint density at radius 2 is 2.06 bits per heavy atom. The molecule has 1 amide bonds. The second-order valence-electron chi connectivity index (χ2n) is 5.41. The maximum absolute atomic E-state index is 11.5. The molecule has 1 heterocycles. The summed E-state index contributed by atoms with van der Waals surface area (Å²) in [5.41, 5.74) is 0. The average molecular weight is 240 g/mol. The minimum atomic E-state index is 0.331. The lowest BCUT2D eigenvalue weighted by Gasteiger charge is -2.25. The molecule has 1 saturated heterocycles. The van der Waals surface area contributed by atoms with Gasteiger partial charge < -0.3 is 10.2 Å². The number of amides is 1. The van der Waals surface area contributed by atoms with Crippen molar-refractivity contribution in [3.63, 3.8) is 0 Å². The van der Waals surface area contributed by atoms with Crippen LogP contribution in [0.2, 0.25) is 0 Å². The van der Waals surface area contributed by atoms with E-state index in [0.29, 0.717) is 18.0 Å². The minimum Gasteiger partial charge on any atom is -0.341 e.